The van der Waals surface area contributed by atoms with Crippen LogP contribution in [0.15, 0.2) is 40.9 Å². The summed E-state index contributed by atoms with van der Waals surface area (Å²) in [6, 6.07) is 11.8. The smallest absolute Gasteiger partial charge is 0.306 e. The van der Waals surface area contributed by atoms with Gasteiger partial charge in [-0.3, -0.25) is 4.79 Å². The van der Waals surface area contributed by atoms with E-state index in [-0.39, 0.29) is 5.97 Å². The third-order valence-corrected chi connectivity index (χ3v) is 5.24. The van der Waals surface area contributed by atoms with Gasteiger partial charge in [0.15, 0.2) is 0 Å². The van der Waals surface area contributed by atoms with Crippen molar-refractivity contribution in [1.82, 2.24) is 15.1 Å². The summed E-state index contributed by atoms with van der Waals surface area (Å²) in [7, 11) is 0. The number of rotatable bonds is 6. The van der Waals surface area contributed by atoms with Gasteiger partial charge in [-0.2, -0.15) is 4.98 Å². The number of H-pyrrole nitrogens is 1. The zero-order valence-electron chi connectivity index (χ0n) is 17.1. The number of hydrogen-bond acceptors (Lipinski definition) is 5. The molecular formula is C23H22ClN3O3. The van der Waals surface area contributed by atoms with Crippen LogP contribution in [0.4, 0.5) is 0 Å². The minimum Gasteiger partial charge on any atom is -0.466 e. The summed E-state index contributed by atoms with van der Waals surface area (Å²) in [4.78, 5) is 19.4. The molecule has 2 aromatic heterocycles. The zero-order chi connectivity index (χ0) is 21.3. The number of aryl methyl sites for hydroxylation is 3. The molecule has 0 atom stereocenters. The molecule has 4 aromatic rings. The summed E-state index contributed by atoms with van der Waals surface area (Å²) in [5, 5.41) is 5.76. The second-order valence-corrected chi connectivity index (χ2v) is 7.66. The molecule has 2 heterocycles. The van der Waals surface area contributed by atoms with Crippen LogP contribution in [-0.2, 0) is 16.0 Å². The van der Waals surface area contributed by atoms with E-state index in [0.29, 0.717) is 36.2 Å². The first-order valence-corrected chi connectivity index (χ1v) is 10.2. The molecule has 154 valence electrons. The van der Waals surface area contributed by atoms with Crippen LogP contribution in [-0.4, -0.2) is 27.7 Å². The predicted octanol–water partition coefficient (Wildman–Crippen LogP) is 5.65. The number of ether oxygens (including phenoxy) is 1. The van der Waals surface area contributed by atoms with Gasteiger partial charge in [0.25, 0.3) is 5.89 Å². The number of hydrogen-bond donors (Lipinski definition) is 1. The van der Waals surface area contributed by atoms with Crippen LogP contribution in [0.1, 0.15) is 30.2 Å². The number of nitrogens with zero attached hydrogens (tertiary/aromatic N) is 2. The molecule has 4 rings (SSSR count). The van der Waals surface area contributed by atoms with Gasteiger partial charge < -0.3 is 14.2 Å². The van der Waals surface area contributed by atoms with Crippen LogP contribution in [0.25, 0.3) is 33.7 Å². The lowest BCUT2D eigenvalue weighted by Crippen LogP contribution is -2.05. The average Bonchev–Trinajstić information content (AvgIpc) is 3.33. The summed E-state index contributed by atoms with van der Waals surface area (Å²) in [6.07, 6.45) is 0.993. The minimum absolute atomic E-state index is 0.185. The van der Waals surface area contributed by atoms with E-state index in [1.165, 1.54) is 0 Å². The topological polar surface area (TPSA) is 81.0 Å². The molecule has 0 saturated heterocycles. The molecule has 7 heteroatoms. The standard InChI is InChI=1S/C23H22ClN3O3/c1-4-29-20(28)8-6-15-5-7-18(13(2)9-15)22-26-23(30-27-22)17-11-16-10-14(3)25-21(16)19(24)12-17/h5,7,9-12,25H,4,6,8H2,1-3H3. The van der Waals surface area contributed by atoms with E-state index in [4.69, 9.17) is 20.9 Å². The summed E-state index contributed by atoms with van der Waals surface area (Å²) < 4.78 is 10.5. The molecule has 6 nitrogen and oxygen atoms in total. The van der Waals surface area contributed by atoms with E-state index in [0.717, 1.165) is 38.9 Å². The molecule has 0 aliphatic carbocycles. The molecule has 0 bridgehead atoms. The predicted molar refractivity (Wildman–Crippen MR) is 116 cm³/mol. The van der Waals surface area contributed by atoms with Gasteiger partial charge in [0, 0.05) is 28.6 Å². The Morgan fingerprint density at radius 1 is 1.20 bits per heavy atom. The third-order valence-electron chi connectivity index (χ3n) is 4.94. The molecule has 0 amide bonds. The van der Waals surface area contributed by atoms with E-state index < -0.39 is 0 Å². The lowest BCUT2D eigenvalue weighted by Gasteiger charge is -2.06. The van der Waals surface area contributed by atoms with Crippen molar-refractivity contribution in [1.29, 1.82) is 0 Å². The molecule has 0 radical (unpaired) electrons. The maximum Gasteiger partial charge on any atom is 0.306 e. The Morgan fingerprint density at radius 2 is 2.03 bits per heavy atom. The first-order valence-electron chi connectivity index (χ1n) is 9.83. The van der Waals surface area contributed by atoms with E-state index in [1.54, 1.807) is 6.92 Å². The van der Waals surface area contributed by atoms with Gasteiger partial charge in [-0.05, 0) is 56.5 Å². The largest absolute Gasteiger partial charge is 0.466 e. The van der Waals surface area contributed by atoms with Crippen molar-refractivity contribution in [2.45, 2.75) is 33.6 Å². The Balaban J connectivity index is 1.57. The number of halogens is 1. The normalized spacial score (nSPS) is 11.2. The summed E-state index contributed by atoms with van der Waals surface area (Å²) in [5.41, 5.74) is 5.66. The molecule has 0 spiro atoms. The molecule has 0 aliphatic rings. The maximum absolute atomic E-state index is 11.6. The van der Waals surface area contributed by atoms with Crippen molar-refractivity contribution >= 4 is 28.5 Å². The van der Waals surface area contributed by atoms with Crippen LogP contribution >= 0.6 is 11.6 Å². The Labute approximate surface area is 179 Å². The van der Waals surface area contributed by atoms with E-state index in [2.05, 4.69) is 15.1 Å². The number of aromatic nitrogens is 3. The quantitative estimate of drug-likeness (QED) is 0.405. The van der Waals surface area contributed by atoms with E-state index >= 15 is 0 Å². The molecule has 2 aromatic carbocycles. The van der Waals surface area contributed by atoms with Crippen LogP contribution in [0.2, 0.25) is 5.02 Å². The van der Waals surface area contributed by atoms with Crippen LogP contribution in [0.3, 0.4) is 0 Å². The molecule has 30 heavy (non-hydrogen) atoms. The van der Waals surface area contributed by atoms with Gasteiger partial charge in [-0.15, -0.1) is 0 Å². The Kier molecular flexibility index (Phi) is 5.59. The van der Waals surface area contributed by atoms with E-state index in [9.17, 15) is 4.79 Å². The SMILES string of the molecule is CCOC(=O)CCc1ccc(-c2noc(-c3cc(Cl)c4[nH]c(C)cc4c3)n2)c(C)c1. The van der Waals surface area contributed by atoms with E-state index in [1.807, 2.05) is 50.2 Å². The zero-order valence-corrected chi connectivity index (χ0v) is 17.8. The van der Waals surface area contributed by atoms with Crippen molar-refractivity contribution in [3.8, 4) is 22.8 Å². The lowest BCUT2D eigenvalue weighted by atomic mass is 10.0. The molecule has 0 unspecified atom stereocenters. The highest BCUT2D eigenvalue weighted by Gasteiger charge is 2.15. The van der Waals surface area contributed by atoms with Crippen LogP contribution in [0, 0.1) is 13.8 Å². The number of aromatic amines is 1. The average molecular weight is 424 g/mol. The summed E-state index contributed by atoms with van der Waals surface area (Å²) >= 11 is 6.41. The number of carbonyl (C=O) groups is 1. The van der Waals surface area contributed by atoms with Crippen molar-refractivity contribution in [2.24, 2.45) is 0 Å². The lowest BCUT2D eigenvalue weighted by molar-refractivity contribution is -0.143. The molecule has 0 fully saturated rings. The Bertz CT molecular complexity index is 1230. The minimum atomic E-state index is -0.185. The molecular weight excluding hydrogens is 402 g/mol. The number of nitrogens with one attached hydrogen (secondary N) is 1. The number of esters is 1. The van der Waals surface area contributed by atoms with Crippen LogP contribution in [0.5, 0.6) is 0 Å². The highest BCUT2D eigenvalue weighted by molar-refractivity contribution is 6.35. The van der Waals surface area contributed by atoms with Gasteiger partial charge in [0.2, 0.25) is 5.82 Å². The second kappa shape index (κ2) is 8.32. The van der Waals surface area contributed by atoms with Gasteiger partial charge in [0.1, 0.15) is 0 Å². The monoisotopic (exact) mass is 423 g/mol. The fraction of sp³-hybridized carbons (Fsp3) is 0.261. The summed E-state index contributed by atoms with van der Waals surface area (Å²) in [6.45, 7) is 6.19. The van der Waals surface area contributed by atoms with Crippen molar-refractivity contribution < 1.29 is 14.1 Å². The number of fused-ring (bicyclic) bond motifs is 1. The molecule has 0 saturated carbocycles. The highest BCUT2D eigenvalue weighted by atomic mass is 35.5. The van der Waals surface area contributed by atoms with Crippen molar-refractivity contribution in [2.75, 3.05) is 6.61 Å². The maximum atomic E-state index is 11.6. The van der Waals surface area contributed by atoms with Crippen LogP contribution < -0.4 is 0 Å². The van der Waals surface area contributed by atoms with Gasteiger partial charge in [-0.1, -0.05) is 35.0 Å². The Morgan fingerprint density at radius 3 is 2.80 bits per heavy atom. The number of carbonyl (C=O) groups excluding carboxylic acids is 1. The number of benzene rings is 2. The fourth-order valence-electron chi connectivity index (χ4n) is 3.53. The second-order valence-electron chi connectivity index (χ2n) is 7.25. The highest BCUT2D eigenvalue weighted by Crippen LogP contribution is 2.31. The molecule has 0 aliphatic heterocycles. The van der Waals surface area contributed by atoms with Crippen molar-refractivity contribution in [3.63, 3.8) is 0 Å². The first-order chi connectivity index (χ1) is 14.4. The first kappa shape index (κ1) is 20.2. The molecule has 1 N–H and O–H groups in total. The van der Waals surface area contributed by atoms with Gasteiger partial charge in [0.05, 0.1) is 17.1 Å². The Hall–Kier alpha value is -3.12. The summed E-state index contributed by atoms with van der Waals surface area (Å²) in [5.74, 6) is 0.745. The van der Waals surface area contributed by atoms with Gasteiger partial charge in [-0.25, -0.2) is 0 Å². The fourth-order valence-corrected chi connectivity index (χ4v) is 3.80. The van der Waals surface area contributed by atoms with Crippen molar-refractivity contribution in [3.05, 3.63) is 58.2 Å². The third kappa shape index (κ3) is 4.09. The van der Waals surface area contributed by atoms with Gasteiger partial charge >= 0.3 is 5.97 Å².